The maximum Gasteiger partial charge on any atom is 0.338 e. The summed E-state index contributed by atoms with van der Waals surface area (Å²) in [5, 5.41) is 9.29. The van der Waals surface area contributed by atoms with Crippen molar-refractivity contribution in [3.63, 3.8) is 0 Å². The van der Waals surface area contributed by atoms with Crippen molar-refractivity contribution in [2.75, 3.05) is 0 Å². The first-order valence-electron chi connectivity index (χ1n) is 5.80. The lowest BCUT2D eigenvalue weighted by molar-refractivity contribution is -0.144. The number of carbonyl (C=O) groups is 2. The topological polar surface area (TPSA) is 72.8 Å². The molecule has 2 rings (SSSR count). The second kappa shape index (κ2) is 3.68. The molecule has 1 N–H and O–H groups in total. The average Bonchev–Trinajstić information content (AvgIpc) is 2.62. The molecule has 2 bridgehead atoms. The van der Waals surface area contributed by atoms with E-state index in [1.165, 1.54) is 0 Å². The minimum Gasteiger partial charge on any atom is -0.478 e. The number of aliphatic carboxylic acids is 1. The zero-order chi connectivity index (χ0) is 13.7. The Balaban J connectivity index is 2.50. The Kier molecular flexibility index (Phi) is 2.63. The largest absolute Gasteiger partial charge is 0.478 e. The Morgan fingerprint density at radius 1 is 1.22 bits per heavy atom. The molecule has 2 aliphatic rings. The molecule has 2 aliphatic heterocycles. The van der Waals surface area contributed by atoms with Gasteiger partial charge >= 0.3 is 11.9 Å². The Morgan fingerprint density at radius 3 is 2.17 bits per heavy atom. The van der Waals surface area contributed by atoms with Crippen molar-refractivity contribution in [1.82, 2.24) is 0 Å². The number of fused-ring (bicyclic) bond motifs is 2. The second-order valence-corrected chi connectivity index (χ2v) is 5.16. The molecule has 18 heavy (non-hydrogen) atoms. The van der Waals surface area contributed by atoms with E-state index in [1.807, 2.05) is 0 Å². The van der Waals surface area contributed by atoms with E-state index in [4.69, 9.17) is 9.47 Å². The van der Waals surface area contributed by atoms with Crippen molar-refractivity contribution in [2.45, 2.75) is 45.0 Å². The molecule has 0 amide bonds. The van der Waals surface area contributed by atoms with Gasteiger partial charge in [-0.25, -0.2) is 9.59 Å². The van der Waals surface area contributed by atoms with Crippen LogP contribution in [0.4, 0.5) is 0 Å². The molecular weight excluding hydrogens is 236 g/mol. The Morgan fingerprint density at radius 2 is 1.72 bits per heavy atom. The summed E-state index contributed by atoms with van der Waals surface area (Å²) in [6, 6.07) is 0. The Labute approximate surface area is 105 Å². The van der Waals surface area contributed by atoms with E-state index in [9.17, 15) is 14.7 Å². The number of hydrogen-bond acceptors (Lipinski definition) is 4. The lowest BCUT2D eigenvalue weighted by atomic mass is 9.83. The highest BCUT2D eigenvalue weighted by atomic mass is 16.6. The molecule has 0 unspecified atom stereocenters. The molecule has 5 nitrogen and oxygen atoms in total. The number of hydrogen-bond donors (Lipinski definition) is 1. The van der Waals surface area contributed by atoms with Crippen molar-refractivity contribution < 1.29 is 24.2 Å². The molecule has 0 saturated heterocycles. The second-order valence-electron chi connectivity index (χ2n) is 5.16. The summed E-state index contributed by atoms with van der Waals surface area (Å²) in [6.07, 6.45) is 3.07. The van der Waals surface area contributed by atoms with Crippen molar-refractivity contribution >= 4 is 11.9 Å². The number of rotatable bonds is 3. The molecule has 98 valence electrons. The summed E-state index contributed by atoms with van der Waals surface area (Å²) in [7, 11) is 0. The predicted octanol–water partition coefficient (Wildman–Crippen LogP) is 1.44. The highest BCUT2D eigenvalue weighted by Gasteiger charge is 2.57. The number of esters is 1. The zero-order valence-electron chi connectivity index (χ0n) is 10.8. The lowest BCUT2D eigenvalue weighted by Gasteiger charge is -2.21. The van der Waals surface area contributed by atoms with Crippen molar-refractivity contribution in [3.8, 4) is 0 Å². The van der Waals surface area contributed by atoms with Crippen LogP contribution in [-0.4, -0.2) is 34.4 Å². The van der Waals surface area contributed by atoms with E-state index in [0.29, 0.717) is 0 Å². The Bertz CT molecular complexity index is 488. The highest BCUT2D eigenvalue weighted by molar-refractivity contribution is 6.05. The minimum atomic E-state index is -1.15. The molecule has 2 atom stereocenters. The molecule has 0 radical (unpaired) electrons. The van der Waals surface area contributed by atoms with Crippen LogP contribution in [0.25, 0.3) is 0 Å². The fourth-order valence-corrected chi connectivity index (χ4v) is 2.49. The normalized spacial score (nSPS) is 33.4. The molecule has 2 heterocycles. The molecule has 0 aliphatic carbocycles. The van der Waals surface area contributed by atoms with Gasteiger partial charge in [-0.1, -0.05) is 0 Å². The zero-order valence-corrected chi connectivity index (χ0v) is 10.8. The van der Waals surface area contributed by atoms with E-state index in [2.05, 4.69) is 0 Å². The minimum absolute atomic E-state index is 0.0295. The van der Waals surface area contributed by atoms with Gasteiger partial charge in [0.05, 0.1) is 17.3 Å². The summed E-state index contributed by atoms with van der Waals surface area (Å²) in [5.74, 6) is -1.78. The number of ether oxygens (including phenoxy) is 2. The molecule has 0 aromatic carbocycles. The van der Waals surface area contributed by atoms with Gasteiger partial charge in [-0.15, -0.1) is 0 Å². The van der Waals surface area contributed by atoms with Crippen LogP contribution in [0.15, 0.2) is 23.3 Å². The van der Waals surface area contributed by atoms with E-state index in [-0.39, 0.29) is 17.3 Å². The van der Waals surface area contributed by atoms with E-state index < -0.39 is 23.1 Å². The van der Waals surface area contributed by atoms with Crippen LogP contribution in [0, 0.1) is 0 Å². The van der Waals surface area contributed by atoms with Crippen LogP contribution in [0.5, 0.6) is 0 Å². The monoisotopic (exact) mass is 252 g/mol. The summed E-state index contributed by atoms with van der Waals surface area (Å²) >= 11 is 0. The van der Waals surface area contributed by atoms with Crippen LogP contribution >= 0.6 is 0 Å². The van der Waals surface area contributed by atoms with Gasteiger partial charge in [0.15, 0.2) is 0 Å². The fourth-order valence-electron chi connectivity index (χ4n) is 2.49. The van der Waals surface area contributed by atoms with Gasteiger partial charge < -0.3 is 14.6 Å². The van der Waals surface area contributed by atoms with Crippen LogP contribution in [0.1, 0.15) is 27.7 Å². The van der Waals surface area contributed by atoms with Gasteiger partial charge in [0, 0.05) is 0 Å². The first-order valence-corrected chi connectivity index (χ1v) is 5.80. The van der Waals surface area contributed by atoms with Crippen molar-refractivity contribution in [2.24, 2.45) is 0 Å². The summed E-state index contributed by atoms with van der Waals surface area (Å²) in [4.78, 5) is 23.4. The smallest absolute Gasteiger partial charge is 0.338 e. The molecular formula is C13H16O5. The molecule has 0 aromatic heterocycles. The fraction of sp³-hybridized carbons (Fsp3) is 0.538. The Hall–Kier alpha value is -1.62. The molecule has 0 saturated carbocycles. The number of carboxylic acid groups (broad SMARTS) is 1. The first-order chi connectivity index (χ1) is 8.19. The summed E-state index contributed by atoms with van der Waals surface area (Å²) < 4.78 is 10.8. The van der Waals surface area contributed by atoms with Gasteiger partial charge in [0.1, 0.15) is 11.2 Å². The third-order valence-electron chi connectivity index (χ3n) is 3.15. The third kappa shape index (κ3) is 1.66. The number of carbonyl (C=O) groups excluding carboxylic acids is 1. The van der Waals surface area contributed by atoms with Gasteiger partial charge in [0.2, 0.25) is 0 Å². The van der Waals surface area contributed by atoms with Crippen LogP contribution in [0.3, 0.4) is 0 Å². The van der Waals surface area contributed by atoms with E-state index >= 15 is 0 Å². The standard InChI is InChI=1S/C13H16O5/c1-7(2)17-11(16)9-8(10(14)15)12(3)5-6-13(9,4)18-12/h5-7H,1-4H3,(H,14,15)/t12-,13+/m0/s1. The summed E-state index contributed by atoms with van der Waals surface area (Å²) in [5.41, 5.74) is -1.99. The van der Waals surface area contributed by atoms with Crippen molar-refractivity contribution in [3.05, 3.63) is 23.3 Å². The third-order valence-corrected chi connectivity index (χ3v) is 3.15. The van der Waals surface area contributed by atoms with Gasteiger partial charge in [-0.05, 0) is 39.8 Å². The van der Waals surface area contributed by atoms with Crippen LogP contribution < -0.4 is 0 Å². The molecule has 5 heteroatoms. The van der Waals surface area contributed by atoms with E-state index in [0.717, 1.165) is 0 Å². The van der Waals surface area contributed by atoms with Crippen LogP contribution in [0.2, 0.25) is 0 Å². The summed E-state index contributed by atoms with van der Waals surface area (Å²) in [6.45, 7) is 6.73. The molecule has 0 fully saturated rings. The SMILES string of the molecule is CC(C)OC(=O)C1=C(C(=O)O)[C@]2(C)C=C[C@@]1(C)O2. The predicted molar refractivity (Wildman–Crippen MR) is 62.9 cm³/mol. The maximum absolute atomic E-state index is 12.1. The van der Waals surface area contributed by atoms with Gasteiger partial charge in [-0.3, -0.25) is 0 Å². The van der Waals surface area contributed by atoms with E-state index in [1.54, 1.807) is 39.8 Å². The lowest BCUT2D eigenvalue weighted by Crippen LogP contribution is -2.30. The van der Waals surface area contributed by atoms with Gasteiger partial charge in [-0.2, -0.15) is 0 Å². The quantitative estimate of drug-likeness (QED) is 0.607. The van der Waals surface area contributed by atoms with Gasteiger partial charge in [0.25, 0.3) is 0 Å². The van der Waals surface area contributed by atoms with Crippen molar-refractivity contribution in [1.29, 1.82) is 0 Å². The molecule has 0 aromatic rings. The first kappa shape index (κ1) is 12.8. The van der Waals surface area contributed by atoms with Crippen LogP contribution in [-0.2, 0) is 19.1 Å². The average molecular weight is 252 g/mol. The highest BCUT2D eigenvalue weighted by Crippen LogP contribution is 2.49. The number of carboxylic acids is 1. The maximum atomic E-state index is 12.1. The molecule has 0 spiro atoms.